The average Bonchev–Trinajstić information content (AvgIpc) is 2.70. The topological polar surface area (TPSA) is 85.2 Å². The molecular formula is C9H11FO6. The number of aliphatic hydroxyl groups is 2. The molecule has 0 radical (unpaired) electrons. The maximum absolute atomic E-state index is 12.8. The molecule has 0 aliphatic carbocycles. The van der Waals surface area contributed by atoms with Gasteiger partial charge in [0.2, 0.25) is 6.36 Å². The molecule has 2 heterocycles. The Kier molecular flexibility index (Phi) is 2.94. The fraction of sp³-hybridized carbons (Fsp3) is 0.667. The molecule has 0 spiro atoms. The van der Waals surface area contributed by atoms with E-state index in [1.807, 2.05) is 0 Å². The molecule has 90 valence electrons. The van der Waals surface area contributed by atoms with Gasteiger partial charge in [0.1, 0.15) is 12.2 Å². The molecule has 2 N–H and O–H groups in total. The van der Waals surface area contributed by atoms with E-state index in [0.29, 0.717) is 0 Å². The van der Waals surface area contributed by atoms with Gasteiger partial charge in [0, 0.05) is 0 Å². The molecule has 2 rings (SSSR count). The molecule has 6 atom stereocenters. The first kappa shape index (κ1) is 11.5. The van der Waals surface area contributed by atoms with Crippen LogP contribution in [0.15, 0.2) is 12.7 Å². The zero-order valence-electron chi connectivity index (χ0n) is 8.15. The Morgan fingerprint density at radius 2 is 2.19 bits per heavy atom. The van der Waals surface area contributed by atoms with Crippen molar-refractivity contribution in [2.24, 2.45) is 0 Å². The number of rotatable bonds is 3. The maximum atomic E-state index is 12.8. The molecule has 7 heteroatoms. The number of hydrogen-bond acceptors (Lipinski definition) is 6. The van der Waals surface area contributed by atoms with Gasteiger partial charge in [0.15, 0.2) is 18.5 Å². The van der Waals surface area contributed by atoms with Crippen LogP contribution in [0.3, 0.4) is 0 Å². The molecule has 16 heavy (non-hydrogen) atoms. The van der Waals surface area contributed by atoms with Crippen molar-refractivity contribution >= 4 is 5.97 Å². The summed E-state index contributed by atoms with van der Waals surface area (Å²) in [6, 6.07) is 0. The van der Waals surface area contributed by atoms with Gasteiger partial charge in [0.25, 0.3) is 0 Å². The Bertz CT molecular complexity index is 308. The highest BCUT2D eigenvalue weighted by Crippen LogP contribution is 2.33. The Hall–Kier alpha value is -1.02. The second-order valence-electron chi connectivity index (χ2n) is 3.53. The highest BCUT2D eigenvalue weighted by atomic mass is 19.1. The van der Waals surface area contributed by atoms with Gasteiger partial charge in [-0.15, -0.1) is 0 Å². The summed E-state index contributed by atoms with van der Waals surface area (Å²) in [5.41, 5.74) is 0. The molecule has 2 fully saturated rings. The zero-order chi connectivity index (χ0) is 11.9. The van der Waals surface area contributed by atoms with Crippen LogP contribution in [0.4, 0.5) is 4.39 Å². The summed E-state index contributed by atoms with van der Waals surface area (Å²) in [4.78, 5) is 10.9. The minimum atomic E-state index is -1.80. The molecule has 2 unspecified atom stereocenters. The summed E-state index contributed by atoms with van der Waals surface area (Å²) in [5.74, 6) is -0.868. The van der Waals surface area contributed by atoms with Crippen LogP contribution in [-0.4, -0.2) is 53.2 Å². The predicted octanol–water partition coefficient (Wildman–Crippen LogP) is -1.14. The Morgan fingerprint density at radius 3 is 2.75 bits per heavy atom. The summed E-state index contributed by atoms with van der Waals surface area (Å²) < 4.78 is 27.1. The lowest BCUT2D eigenvalue weighted by molar-refractivity contribution is -0.217. The lowest BCUT2D eigenvalue weighted by Gasteiger charge is -2.18. The average molecular weight is 234 g/mol. The van der Waals surface area contributed by atoms with Crippen LogP contribution in [0.1, 0.15) is 0 Å². The van der Waals surface area contributed by atoms with Gasteiger partial charge < -0.3 is 24.4 Å². The summed E-state index contributed by atoms with van der Waals surface area (Å²) in [6.07, 6.45) is -7.06. The molecule has 6 nitrogen and oxygen atoms in total. The fourth-order valence-electron chi connectivity index (χ4n) is 1.69. The largest absolute Gasteiger partial charge is 0.454 e. The zero-order valence-corrected chi connectivity index (χ0v) is 8.15. The smallest absolute Gasteiger partial charge is 0.338 e. The van der Waals surface area contributed by atoms with Gasteiger partial charge in [-0.1, -0.05) is 6.58 Å². The van der Waals surface area contributed by atoms with Crippen molar-refractivity contribution in [1.82, 2.24) is 0 Å². The van der Waals surface area contributed by atoms with Crippen molar-refractivity contribution in [3.63, 3.8) is 0 Å². The SMILES string of the molecule is C=CC(F)OC1O[C@H]2[C@H](OC(=O)[C@H]2O)[C@@H]1O. The summed E-state index contributed by atoms with van der Waals surface area (Å²) in [6.45, 7) is 3.15. The molecular weight excluding hydrogens is 223 g/mol. The molecule has 0 aromatic rings. The number of carbonyl (C=O) groups excluding carboxylic acids is 1. The highest BCUT2D eigenvalue weighted by Gasteiger charge is 2.57. The monoisotopic (exact) mass is 234 g/mol. The Labute approximate surface area is 90.2 Å². The summed E-state index contributed by atoms with van der Waals surface area (Å²) >= 11 is 0. The van der Waals surface area contributed by atoms with E-state index in [2.05, 4.69) is 16.1 Å². The van der Waals surface area contributed by atoms with Gasteiger partial charge in [-0.05, 0) is 6.08 Å². The van der Waals surface area contributed by atoms with E-state index in [1.54, 1.807) is 0 Å². The van der Waals surface area contributed by atoms with Crippen molar-refractivity contribution < 1.29 is 33.6 Å². The van der Waals surface area contributed by atoms with Crippen molar-refractivity contribution in [3.05, 3.63) is 12.7 Å². The normalized spacial score (nSPS) is 43.9. The fourth-order valence-corrected chi connectivity index (χ4v) is 1.69. The van der Waals surface area contributed by atoms with E-state index in [9.17, 15) is 19.4 Å². The van der Waals surface area contributed by atoms with Gasteiger partial charge in [-0.2, -0.15) is 0 Å². The van der Waals surface area contributed by atoms with Crippen molar-refractivity contribution in [3.8, 4) is 0 Å². The lowest BCUT2D eigenvalue weighted by Crippen LogP contribution is -2.34. The number of carbonyl (C=O) groups is 1. The molecule has 0 amide bonds. The molecule has 2 saturated heterocycles. The number of aliphatic hydroxyl groups excluding tert-OH is 2. The number of fused-ring (bicyclic) bond motifs is 1. The number of halogens is 1. The van der Waals surface area contributed by atoms with Crippen molar-refractivity contribution in [2.45, 2.75) is 37.1 Å². The second kappa shape index (κ2) is 4.10. The van der Waals surface area contributed by atoms with Gasteiger partial charge in [-0.3, -0.25) is 0 Å². The Balaban J connectivity index is 2.02. The van der Waals surface area contributed by atoms with Gasteiger partial charge in [0.05, 0.1) is 0 Å². The first-order valence-electron chi connectivity index (χ1n) is 4.68. The van der Waals surface area contributed by atoms with Crippen LogP contribution in [-0.2, 0) is 19.0 Å². The van der Waals surface area contributed by atoms with E-state index in [-0.39, 0.29) is 0 Å². The number of ether oxygens (including phenoxy) is 3. The van der Waals surface area contributed by atoms with Crippen LogP contribution < -0.4 is 0 Å². The van der Waals surface area contributed by atoms with Crippen LogP contribution in [0.25, 0.3) is 0 Å². The quantitative estimate of drug-likeness (QED) is 0.474. The van der Waals surface area contributed by atoms with E-state index in [0.717, 1.165) is 6.08 Å². The Morgan fingerprint density at radius 1 is 1.50 bits per heavy atom. The number of alkyl halides is 1. The number of hydrogen-bond donors (Lipinski definition) is 2. The van der Waals surface area contributed by atoms with Crippen LogP contribution in [0.2, 0.25) is 0 Å². The van der Waals surface area contributed by atoms with Crippen LogP contribution in [0.5, 0.6) is 0 Å². The number of esters is 1. The second-order valence-corrected chi connectivity index (χ2v) is 3.53. The van der Waals surface area contributed by atoms with E-state index < -0.39 is 43.0 Å². The standard InChI is InChI=1S/C9H11FO6/c1-2-3(10)14-9-5(12)7-6(16-9)4(11)8(13)15-7/h2-7,9,11-12H,1H2/t3?,4-,5-,6+,7+,9?/m0/s1. The van der Waals surface area contributed by atoms with E-state index >= 15 is 0 Å². The van der Waals surface area contributed by atoms with Crippen LogP contribution in [0, 0.1) is 0 Å². The lowest BCUT2D eigenvalue weighted by atomic mass is 10.1. The van der Waals surface area contributed by atoms with Crippen LogP contribution >= 0.6 is 0 Å². The molecule has 0 saturated carbocycles. The highest BCUT2D eigenvalue weighted by molar-refractivity contribution is 5.78. The first-order valence-corrected chi connectivity index (χ1v) is 4.68. The molecule has 0 aromatic carbocycles. The summed E-state index contributed by atoms with van der Waals surface area (Å²) in [5, 5.41) is 18.9. The molecule has 2 aliphatic heterocycles. The third kappa shape index (κ3) is 1.71. The van der Waals surface area contributed by atoms with Gasteiger partial charge in [-0.25, -0.2) is 9.18 Å². The third-order valence-electron chi connectivity index (χ3n) is 2.48. The summed E-state index contributed by atoms with van der Waals surface area (Å²) in [7, 11) is 0. The maximum Gasteiger partial charge on any atom is 0.338 e. The minimum absolute atomic E-state index is 0.868. The van der Waals surface area contributed by atoms with Gasteiger partial charge >= 0.3 is 5.97 Å². The minimum Gasteiger partial charge on any atom is -0.454 e. The third-order valence-corrected chi connectivity index (χ3v) is 2.48. The van der Waals surface area contributed by atoms with E-state index in [1.165, 1.54) is 0 Å². The van der Waals surface area contributed by atoms with Crippen molar-refractivity contribution in [1.29, 1.82) is 0 Å². The first-order chi connectivity index (χ1) is 7.54. The molecule has 0 bridgehead atoms. The molecule has 2 aliphatic rings. The van der Waals surface area contributed by atoms with Crippen molar-refractivity contribution in [2.75, 3.05) is 0 Å². The van der Waals surface area contributed by atoms with E-state index in [4.69, 9.17) is 4.74 Å². The molecule has 0 aromatic heterocycles. The predicted molar refractivity (Wildman–Crippen MR) is 46.7 cm³/mol.